The third-order valence-corrected chi connectivity index (χ3v) is 3.29. The third-order valence-electron chi connectivity index (χ3n) is 2.26. The van der Waals surface area contributed by atoms with E-state index in [-0.39, 0.29) is 5.91 Å². The Morgan fingerprint density at radius 2 is 2.17 bits per heavy atom. The molecule has 2 aromatic rings. The van der Waals surface area contributed by atoms with Crippen LogP contribution >= 0.6 is 11.8 Å². The molecule has 0 aliphatic rings. The lowest BCUT2D eigenvalue weighted by Gasteiger charge is -2.02. The van der Waals surface area contributed by atoms with Crippen molar-refractivity contribution in [3.63, 3.8) is 0 Å². The number of carbonyl (C=O) groups is 1. The summed E-state index contributed by atoms with van der Waals surface area (Å²) in [6.07, 6.45) is 1.83. The molecule has 0 atom stereocenters. The molecule has 5 nitrogen and oxygen atoms in total. The van der Waals surface area contributed by atoms with Gasteiger partial charge in [0.2, 0.25) is 11.9 Å². The molecule has 0 aliphatic heterocycles. The highest BCUT2D eigenvalue weighted by atomic mass is 32.2. The summed E-state index contributed by atoms with van der Waals surface area (Å²) in [6.45, 7) is 0. The van der Waals surface area contributed by atoms with Gasteiger partial charge in [-0.25, -0.2) is 5.10 Å². The second kappa shape index (κ2) is 6.80. The molecular formula is C12H14N4OS. The SMILES string of the molecule is O=C(CCSCc1ccccc1)Nc1ncn[nH]1. The summed E-state index contributed by atoms with van der Waals surface area (Å²) in [5.41, 5.74) is 1.28. The molecule has 0 aliphatic carbocycles. The lowest BCUT2D eigenvalue weighted by Crippen LogP contribution is -2.13. The topological polar surface area (TPSA) is 70.7 Å². The summed E-state index contributed by atoms with van der Waals surface area (Å²) in [5.74, 6) is 2.06. The molecular weight excluding hydrogens is 248 g/mol. The minimum Gasteiger partial charge on any atom is -0.295 e. The van der Waals surface area contributed by atoms with Crippen LogP contribution in [0.1, 0.15) is 12.0 Å². The summed E-state index contributed by atoms with van der Waals surface area (Å²) in [6, 6.07) is 10.2. The van der Waals surface area contributed by atoms with Crippen LogP contribution in [0.5, 0.6) is 0 Å². The average Bonchev–Trinajstić information content (AvgIpc) is 2.89. The number of nitrogens with one attached hydrogen (secondary N) is 2. The molecule has 2 N–H and O–H groups in total. The van der Waals surface area contributed by atoms with E-state index in [1.807, 2.05) is 18.2 Å². The van der Waals surface area contributed by atoms with Crippen LogP contribution in [0.4, 0.5) is 5.95 Å². The summed E-state index contributed by atoms with van der Waals surface area (Å²) in [5, 5.41) is 8.88. The first-order valence-electron chi connectivity index (χ1n) is 5.61. The van der Waals surface area contributed by atoms with Gasteiger partial charge in [-0.3, -0.25) is 10.1 Å². The second-order valence-corrected chi connectivity index (χ2v) is 4.78. The Labute approximate surface area is 109 Å². The van der Waals surface area contributed by atoms with Crippen molar-refractivity contribution >= 4 is 23.6 Å². The van der Waals surface area contributed by atoms with Crippen molar-refractivity contribution in [2.45, 2.75) is 12.2 Å². The maximum atomic E-state index is 11.5. The van der Waals surface area contributed by atoms with Gasteiger partial charge in [-0.15, -0.1) is 0 Å². The largest absolute Gasteiger partial charge is 0.295 e. The van der Waals surface area contributed by atoms with Gasteiger partial charge in [0, 0.05) is 17.9 Å². The average molecular weight is 262 g/mol. The van der Waals surface area contributed by atoms with Crippen LogP contribution in [-0.4, -0.2) is 26.8 Å². The number of thioether (sulfide) groups is 1. The Kier molecular flexibility index (Phi) is 4.78. The number of carbonyl (C=O) groups excluding carboxylic acids is 1. The van der Waals surface area contributed by atoms with E-state index >= 15 is 0 Å². The predicted molar refractivity (Wildman–Crippen MR) is 72.2 cm³/mol. The standard InChI is InChI=1S/C12H14N4OS/c17-11(15-12-13-9-14-16-12)6-7-18-8-10-4-2-1-3-5-10/h1-5,9H,6-8H2,(H2,13,14,15,16,17). The molecule has 94 valence electrons. The number of hydrogen-bond donors (Lipinski definition) is 2. The zero-order valence-electron chi connectivity index (χ0n) is 9.80. The fourth-order valence-corrected chi connectivity index (χ4v) is 2.29. The van der Waals surface area contributed by atoms with E-state index in [1.54, 1.807) is 11.8 Å². The summed E-state index contributed by atoms with van der Waals surface area (Å²) in [4.78, 5) is 15.3. The first-order valence-corrected chi connectivity index (χ1v) is 6.77. The van der Waals surface area contributed by atoms with Crippen LogP contribution in [-0.2, 0) is 10.5 Å². The molecule has 0 unspecified atom stereocenters. The van der Waals surface area contributed by atoms with Gasteiger partial charge in [0.15, 0.2) is 0 Å². The number of nitrogens with zero attached hydrogens (tertiary/aromatic N) is 2. The lowest BCUT2D eigenvalue weighted by molar-refractivity contribution is -0.115. The van der Waals surface area contributed by atoms with E-state index in [2.05, 4.69) is 32.6 Å². The van der Waals surface area contributed by atoms with Gasteiger partial charge in [-0.1, -0.05) is 30.3 Å². The quantitative estimate of drug-likeness (QED) is 0.782. The molecule has 1 amide bonds. The minimum atomic E-state index is -0.0488. The summed E-state index contributed by atoms with van der Waals surface area (Å²) < 4.78 is 0. The Balaban J connectivity index is 1.62. The number of hydrogen-bond acceptors (Lipinski definition) is 4. The molecule has 0 spiro atoms. The lowest BCUT2D eigenvalue weighted by atomic mass is 10.2. The van der Waals surface area contributed by atoms with Crippen LogP contribution < -0.4 is 5.32 Å². The van der Waals surface area contributed by atoms with Crippen molar-refractivity contribution in [2.75, 3.05) is 11.1 Å². The molecule has 1 aromatic heterocycles. The fourth-order valence-electron chi connectivity index (χ4n) is 1.39. The van der Waals surface area contributed by atoms with Crippen LogP contribution in [0, 0.1) is 0 Å². The van der Waals surface area contributed by atoms with Gasteiger partial charge in [0.25, 0.3) is 0 Å². The molecule has 18 heavy (non-hydrogen) atoms. The molecule has 2 rings (SSSR count). The smallest absolute Gasteiger partial charge is 0.227 e. The summed E-state index contributed by atoms with van der Waals surface area (Å²) in [7, 11) is 0. The van der Waals surface area contributed by atoms with Crippen LogP contribution in [0.2, 0.25) is 0 Å². The zero-order valence-corrected chi connectivity index (χ0v) is 10.6. The fraction of sp³-hybridized carbons (Fsp3) is 0.250. The van der Waals surface area contributed by atoms with Gasteiger partial charge in [-0.05, 0) is 5.56 Å². The van der Waals surface area contributed by atoms with Crippen molar-refractivity contribution in [3.8, 4) is 0 Å². The first kappa shape index (κ1) is 12.6. The van der Waals surface area contributed by atoms with Crippen molar-refractivity contribution in [2.24, 2.45) is 0 Å². The second-order valence-electron chi connectivity index (χ2n) is 3.67. The number of rotatable bonds is 6. The van der Waals surface area contributed by atoms with Gasteiger partial charge < -0.3 is 0 Å². The van der Waals surface area contributed by atoms with Gasteiger partial charge in [-0.2, -0.15) is 21.8 Å². The van der Waals surface area contributed by atoms with Crippen molar-refractivity contribution in [1.29, 1.82) is 0 Å². The molecule has 0 fully saturated rings. The van der Waals surface area contributed by atoms with Gasteiger partial charge >= 0.3 is 0 Å². The molecule has 0 bridgehead atoms. The maximum absolute atomic E-state index is 11.5. The van der Waals surface area contributed by atoms with E-state index in [1.165, 1.54) is 11.9 Å². The van der Waals surface area contributed by atoms with Crippen LogP contribution in [0.3, 0.4) is 0 Å². The number of aromatic nitrogens is 3. The van der Waals surface area contributed by atoms with Gasteiger partial charge in [0.05, 0.1) is 0 Å². The van der Waals surface area contributed by atoms with Crippen LogP contribution in [0.15, 0.2) is 36.7 Å². The molecule has 1 heterocycles. The monoisotopic (exact) mass is 262 g/mol. The van der Waals surface area contributed by atoms with E-state index in [0.29, 0.717) is 12.4 Å². The Bertz CT molecular complexity index is 472. The molecule has 0 saturated carbocycles. The number of anilines is 1. The summed E-state index contributed by atoms with van der Waals surface area (Å²) >= 11 is 1.74. The zero-order chi connectivity index (χ0) is 12.6. The van der Waals surface area contributed by atoms with Crippen molar-refractivity contribution in [1.82, 2.24) is 15.2 Å². The van der Waals surface area contributed by atoms with E-state index in [4.69, 9.17) is 0 Å². The Morgan fingerprint density at radius 3 is 2.89 bits per heavy atom. The molecule has 1 aromatic carbocycles. The van der Waals surface area contributed by atoms with Gasteiger partial charge in [0.1, 0.15) is 6.33 Å². The number of aromatic amines is 1. The maximum Gasteiger partial charge on any atom is 0.227 e. The number of benzene rings is 1. The molecule has 0 saturated heterocycles. The Hall–Kier alpha value is -1.82. The number of H-pyrrole nitrogens is 1. The first-order chi connectivity index (χ1) is 8.84. The third kappa shape index (κ3) is 4.21. The number of amides is 1. The van der Waals surface area contributed by atoms with E-state index in [9.17, 15) is 4.79 Å². The minimum absolute atomic E-state index is 0.0488. The Morgan fingerprint density at radius 1 is 1.33 bits per heavy atom. The highest BCUT2D eigenvalue weighted by Crippen LogP contribution is 2.12. The van der Waals surface area contributed by atoms with Crippen molar-refractivity contribution in [3.05, 3.63) is 42.2 Å². The molecule has 6 heteroatoms. The normalized spacial score (nSPS) is 10.2. The van der Waals surface area contributed by atoms with E-state index < -0.39 is 0 Å². The van der Waals surface area contributed by atoms with Crippen molar-refractivity contribution < 1.29 is 4.79 Å². The highest BCUT2D eigenvalue weighted by molar-refractivity contribution is 7.98. The molecule has 0 radical (unpaired) electrons. The van der Waals surface area contributed by atoms with E-state index in [0.717, 1.165) is 11.5 Å². The van der Waals surface area contributed by atoms with Crippen LogP contribution in [0.25, 0.3) is 0 Å². The predicted octanol–water partition coefficient (Wildman–Crippen LogP) is 2.07. The highest BCUT2D eigenvalue weighted by Gasteiger charge is 2.03.